The minimum Gasteiger partial charge on any atom is -0.290 e. The Kier molecular flexibility index (Phi) is 2.96. The van der Waals surface area contributed by atoms with Gasteiger partial charge in [0.15, 0.2) is 0 Å². The summed E-state index contributed by atoms with van der Waals surface area (Å²) in [6.45, 7) is 6.61. The number of nitrogens with zero attached hydrogens (tertiary/aromatic N) is 1. The summed E-state index contributed by atoms with van der Waals surface area (Å²) in [7, 11) is 0. The van der Waals surface area contributed by atoms with Gasteiger partial charge in [0.05, 0.1) is 6.54 Å². The number of hydrogen-bond acceptors (Lipinski definition) is 1. The first-order valence-corrected chi connectivity index (χ1v) is 4.41. The molecule has 0 amide bonds. The zero-order chi connectivity index (χ0) is 8.27. The van der Waals surface area contributed by atoms with Crippen LogP contribution in [0, 0.1) is 18.3 Å². The summed E-state index contributed by atoms with van der Waals surface area (Å²) in [5.74, 6) is 3.60. The van der Waals surface area contributed by atoms with E-state index in [2.05, 4.69) is 24.7 Å². The zero-order valence-electron chi connectivity index (χ0n) is 7.51. The standard InChI is InChI=1S/C10H17N/c1-4-6-11-7-5-9(2)8-10(11)3/h1,9-10H,5-8H2,2-3H3. The first kappa shape index (κ1) is 8.62. The summed E-state index contributed by atoms with van der Waals surface area (Å²) in [6, 6.07) is 0.690. The molecule has 1 rings (SSSR count). The van der Waals surface area contributed by atoms with Crippen molar-refractivity contribution in [3.05, 3.63) is 0 Å². The highest BCUT2D eigenvalue weighted by molar-refractivity contribution is 4.91. The van der Waals surface area contributed by atoms with E-state index < -0.39 is 0 Å². The fourth-order valence-corrected chi connectivity index (χ4v) is 1.81. The van der Waals surface area contributed by atoms with Crippen LogP contribution in [0.3, 0.4) is 0 Å². The first-order valence-electron chi connectivity index (χ1n) is 4.41. The van der Waals surface area contributed by atoms with Gasteiger partial charge >= 0.3 is 0 Å². The van der Waals surface area contributed by atoms with E-state index >= 15 is 0 Å². The molecule has 0 radical (unpaired) electrons. The van der Waals surface area contributed by atoms with Crippen molar-refractivity contribution >= 4 is 0 Å². The Balaban J connectivity index is 2.39. The third-order valence-electron chi connectivity index (χ3n) is 2.57. The van der Waals surface area contributed by atoms with Crippen LogP contribution in [0.1, 0.15) is 26.7 Å². The van der Waals surface area contributed by atoms with Gasteiger partial charge in [0, 0.05) is 6.04 Å². The topological polar surface area (TPSA) is 3.24 Å². The van der Waals surface area contributed by atoms with Gasteiger partial charge < -0.3 is 0 Å². The molecule has 2 atom stereocenters. The smallest absolute Gasteiger partial charge is 0.0601 e. The van der Waals surface area contributed by atoms with E-state index in [9.17, 15) is 0 Å². The third-order valence-corrected chi connectivity index (χ3v) is 2.57. The van der Waals surface area contributed by atoms with Gasteiger partial charge in [-0.25, -0.2) is 0 Å². The average Bonchev–Trinajstić information content (AvgIpc) is 1.95. The van der Waals surface area contributed by atoms with Crippen LogP contribution in [0.25, 0.3) is 0 Å². The van der Waals surface area contributed by atoms with Gasteiger partial charge in [-0.3, -0.25) is 4.90 Å². The van der Waals surface area contributed by atoms with Crippen molar-refractivity contribution < 1.29 is 0 Å². The van der Waals surface area contributed by atoms with Gasteiger partial charge in [-0.1, -0.05) is 12.8 Å². The summed E-state index contributed by atoms with van der Waals surface area (Å²) in [5, 5.41) is 0. The van der Waals surface area contributed by atoms with Gasteiger partial charge in [0.1, 0.15) is 0 Å². The molecule has 1 aliphatic heterocycles. The molecule has 1 saturated heterocycles. The average molecular weight is 151 g/mol. The maximum Gasteiger partial charge on any atom is 0.0601 e. The molecule has 0 N–H and O–H groups in total. The second-order valence-electron chi connectivity index (χ2n) is 3.65. The molecule has 0 aromatic heterocycles. The van der Waals surface area contributed by atoms with Crippen molar-refractivity contribution in [2.45, 2.75) is 32.7 Å². The molecule has 0 spiro atoms. The van der Waals surface area contributed by atoms with Gasteiger partial charge in [-0.2, -0.15) is 0 Å². The number of piperidine rings is 1. The summed E-state index contributed by atoms with van der Waals surface area (Å²) < 4.78 is 0. The molecule has 0 aliphatic carbocycles. The summed E-state index contributed by atoms with van der Waals surface area (Å²) in [4.78, 5) is 2.39. The van der Waals surface area contributed by atoms with Crippen LogP contribution in [0.2, 0.25) is 0 Å². The Morgan fingerprint density at radius 2 is 2.27 bits per heavy atom. The molecule has 0 saturated carbocycles. The van der Waals surface area contributed by atoms with Crippen molar-refractivity contribution in [2.24, 2.45) is 5.92 Å². The monoisotopic (exact) mass is 151 g/mol. The van der Waals surface area contributed by atoms with Crippen LogP contribution in [0.5, 0.6) is 0 Å². The quantitative estimate of drug-likeness (QED) is 0.516. The van der Waals surface area contributed by atoms with E-state index in [1.54, 1.807) is 0 Å². The van der Waals surface area contributed by atoms with Gasteiger partial charge in [-0.15, -0.1) is 6.42 Å². The lowest BCUT2D eigenvalue weighted by Crippen LogP contribution is -2.40. The van der Waals surface area contributed by atoms with Gasteiger partial charge in [0.25, 0.3) is 0 Å². The molecule has 1 nitrogen and oxygen atoms in total. The van der Waals surface area contributed by atoms with E-state index in [1.807, 2.05) is 0 Å². The molecule has 0 aromatic carbocycles. The zero-order valence-corrected chi connectivity index (χ0v) is 7.51. The number of terminal acetylenes is 1. The normalized spacial score (nSPS) is 33.2. The van der Waals surface area contributed by atoms with E-state index in [0.717, 1.165) is 12.5 Å². The second kappa shape index (κ2) is 3.78. The Bertz CT molecular complexity index is 157. The maximum atomic E-state index is 5.26. The van der Waals surface area contributed by atoms with Crippen LogP contribution in [-0.4, -0.2) is 24.0 Å². The highest BCUT2D eigenvalue weighted by Gasteiger charge is 2.21. The predicted molar refractivity (Wildman–Crippen MR) is 48.3 cm³/mol. The van der Waals surface area contributed by atoms with Crippen LogP contribution in [0.15, 0.2) is 0 Å². The minimum atomic E-state index is 0.690. The van der Waals surface area contributed by atoms with Crippen LogP contribution in [-0.2, 0) is 0 Å². The van der Waals surface area contributed by atoms with Gasteiger partial charge in [0.2, 0.25) is 0 Å². The largest absolute Gasteiger partial charge is 0.290 e. The second-order valence-corrected chi connectivity index (χ2v) is 3.65. The molecule has 0 bridgehead atoms. The number of likely N-dealkylation sites (tertiary alicyclic amines) is 1. The Morgan fingerprint density at radius 1 is 1.55 bits per heavy atom. The van der Waals surface area contributed by atoms with E-state index in [0.29, 0.717) is 6.04 Å². The molecular formula is C10H17N. The van der Waals surface area contributed by atoms with E-state index in [4.69, 9.17) is 6.42 Å². The molecule has 1 aliphatic rings. The molecule has 62 valence electrons. The van der Waals surface area contributed by atoms with Crippen molar-refractivity contribution in [1.29, 1.82) is 0 Å². The van der Waals surface area contributed by atoms with E-state index in [1.165, 1.54) is 19.4 Å². The predicted octanol–water partition coefficient (Wildman–Crippen LogP) is 1.74. The SMILES string of the molecule is C#CCN1CCC(C)CC1C. The first-order chi connectivity index (χ1) is 5.24. The summed E-state index contributed by atoms with van der Waals surface area (Å²) in [6.07, 6.45) is 7.88. The molecular weight excluding hydrogens is 134 g/mol. The Labute approximate surface area is 69.8 Å². The van der Waals surface area contributed by atoms with E-state index in [-0.39, 0.29) is 0 Å². The van der Waals surface area contributed by atoms with Crippen molar-refractivity contribution in [3.8, 4) is 12.3 Å². The molecule has 1 fully saturated rings. The molecule has 11 heavy (non-hydrogen) atoms. The van der Waals surface area contributed by atoms with Gasteiger partial charge in [-0.05, 0) is 32.2 Å². The minimum absolute atomic E-state index is 0.690. The molecule has 1 heteroatoms. The number of rotatable bonds is 1. The lowest BCUT2D eigenvalue weighted by atomic mass is 9.93. The highest BCUT2D eigenvalue weighted by atomic mass is 15.1. The molecule has 2 unspecified atom stereocenters. The van der Waals surface area contributed by atoms with Crippen LogP contribution in [0.4, 0.5) is 0 Å². The van der Waals surface area contributed by atoms with Crippen molar-refractivity contribution in [2.75, 3.05) is 13.1 Å². The highest BCUT2D eigenvalue weighted by Crippen LogP contribution is 2.21. The van der Waals surface area contributed by atoms with Crippen LogP contribution >= 0.6 is 0 Å². The lowest BCUT2D eigenvalue weighted by Gasteiger charge is -2.35. The molecule has 1 heterocycles. The summed E-state index contributed by atoms with van der Waals surface area (Å²) >= 11 is 0. The lowest BCUT2D eigenvalue weighted by molar-refractivity contribution is 0.147. The Hall–Kier alpha value is -0.480. The van der Waals surface area contributed by atoms with Crippen LogP contribution < -0.4 is 0 Å². The maximum absolute atomic E-state index is 5.26. The number of hydrogen-bond donors (Lipinski definition) is 0. The van der Waals surface area contributed by atoms with Crippen molar-refractivity contribution in [1.82, 2.24) is 4.90 Å². The third kappa shape index (κ3) is 2.24. The fraction of sp³-hybridized carbons (Fsp3) is 0.800. The molecule has 0 aromatic rings. The summed E-state index contributed by atoms with van der Waals surface area (Å²) in [5.41, 5.74) is 0. The Morgan fingerprint density at radius 3 is 2.82 bits per heavy atom. The fourth-order valence-electron chi connectivity index (χ4n) is 1.81. The van der Waals surface area contributed by atoms with Crippen molar-refractivity contribution in [3.63, 3.8) is 0 Å².